The second-order valence-corrected chi connectivity index (χ2v) is 20.2. The normalized spacial score (nSPS) is 12.2. The Morgan fingerprint density at radius 2 is 0.574 bits per heavy atom. The molecule has 0 heterocycles. The number of allylic oxidation sites excluding steroid dienone is 6. The van der Waals surface area contributed by atoms with Gasteiger partial charge < -0.3 is 14.2 Å². The molecule has 6 nitrogen and oxygen atoms in total. The molecule has 0 aliphatic rings. The highest BCUT2D eigenvalue weighted by Gasteiger charge is 2.19. The molecule has 0 aromatic rings. The number of ether oxygens (including phenoxy) is 3. The lowest BCUT2D eigenvalue weighted by molar-refractivity contribution is -0.167. The van der Waals surface area contributed by atoms with Gasteiger partial charge in [-0.25, -0.2) is 0 Å². The molecule has 6 heteroatoms. The van der Waals surface area contributed by atoms with E-state index in [1.165, 1.54) is 199 Å². The zero-order valence-electron chi connectivity index (χ0n) is 45.6. The van der Waals surface area contributed by atoms with Crippen LogP contribution in [0.3, 0.4) is 0 Å². The maximum atomic E-state index is 12.7. The number of carbonyl (C=O) groups is 3. The smallest absolute Gasteiger partial charge is 0.306 e. The van der Waals surface area contributed by atoms with Gasteiger partial charge in [0.1, 0.15) is 13.2 Å². The third kappa shape index (κ3) is 54.6. The van der Waals surface area contributed by atoms with Crippen LogP contribution in [0.5, 0.6) is 0 Å². The summed E-state index contributed by atoms with van der Waals surface area (Å²) in [5, 5.41) is 0. The first kappa shape index (κ1) is 65.6. The molecule has 0 fully saturated rings. The Morgan fingerprint density at radius 3 is 0.897 bits per heavy atom. The van der Waals surface area contributed by atoms with Crippen LogP contribution in [0.25, 0.3) is 0 Å². The van der Waals surface area contributed by atoms with Crippen LogP contribution in [0.1, 0.15) is 323 Å². The van der Waals surface area contributed by atoms with E-state index in [1.54, 1.807) is 0 Å². The molecule has 0 rings (SSSR count). The van der Waals surface area contributed by atoms with Crippen molar-refractivity contribution in [3.63, 3.8) is 0 Å². The molecular weight excluding hydrogens is 841 g/mol. The minimum absolute atomic E-state index is 0.0807. The first-order valence-electron chi connectivity index (χ1n) is 30.0. The van der Waals surface area contributed by atoms with Gasteiger partial charge in [0.25, 0.3) is 0 Å². The summed E-state index contributed by atoms with van der Waals surface area (Å²) in [6.45, 7) is 6.47. The molecular formula is C62H114O6. The quantitative estimate of drug-likeness (QED) is 0.0262. The van der Waals surface area contributed by atoms with Crippen molar-refractivity contribution in [2.45, 2.75) is 329 Å². The highest BCUT2D eigenvalue weighted by Crippen LogP contribution is 2.18. The molecule has 0 N–H and O–H groups in total. The molecule has 0 spiro atoms. The molecule has 0 amide bonds. The number of carbonyl (C=O) groups excluding carboxylic acids is 3. The fourth-order valence-corrected chi connectivity index (χ4v) is 8.93. The van der Waals surface area contributed by atoms with Gasteiger partial charge in [-0.05, 0) is 51.4 Å². The van der Waals surface area contributed by atoms with Gasteiger partial charge in [0.2, 0.25) is 0 Å². The van der Waals surface area contributed by atoms with Crippen LogP contribution in [0, 0.1) is 0 Å². The van der Waals surface area contributed by atoms with E-state index in [2.05, 4.69) is 57.2 Å². The third-order valence-electron chi connectivity index (χ3n) is 13.4. The highest BCUT2D eigenvalue weighted by molar-refractivity contribution is 5.71. The molecule has 0 saturated heterocycles. The van der Waals surface area contributed by atoms with E-state index in [-0.39, 0.29) is 31.1 Å². The molecule has 1 atom stereocenters. The van der Waals surface area contributed by atoms with E-state index in [9.17, 15) is 14.4 Å². The number of unbranched alkanes of at least 4 members (excludes halogenated alkanes) is 38. The SMILES string of the molecule is CC/C=C\C/C=C\C/C=C\CCCCCC(=O)OC(COC(=O)CCCCCCCC)COC(=O)CCCCCCCCCCCCCCCCCCCCCCCCCCCCCCCCC. The average molecular weight is 956 g/mol. The number of hydrogen-bond donors (Lipinski definition) is 0. The Labute approximate surface area is 423 Å². The van der Waals surface area contributed by atoms with Crippen molar-refractivity contribution in [1.82, 2.24) is 0 Å². The summed E-state index contributed by atoms with van der Waals surface area (Å²) in [5.74, 6) is -0.908. The molecule has 0 aliphatic carbocycles. The minimum Gasteiger partial charge on any atom is -0.462 e. The first-order valence-corrected chi connectivity index (χ1v) is 30.0. The largest absolute Gasteiger partial charge is 0.462 e. The van der Waals surface area contributed by atoms with Crippen LogP contribution in [-0.2, 0) is 28.6 Å². The number of hydrogen-bond acceptors (Lipinski definition) is 6. The lowest BCUT2D eigenvalue weighted by Gasteiger charge is -2.18. The second kappa shape index (κ2) is 57.2. The third-order valence-corrected chi connectivity index (χ3v) is 13.4. The van der Waals surface area contributed by atoms with E-state index in [4.69, 9.17) is 14.2 Å². The van der Waals surface area contributed by atoms with E-state index in [0.717, 1.165) is 83.5 Å². The van der Waals surface area contributed by atoms with Crippen molar-refractivity contribution in [3.8, 4) is 0 Å². The van der Waals surface area contributed by atoms with Crippen molar-refractivity contribution in [3.05, 3.63) is 36.5 Å². The fraction of sp³-hybridized carbons (Fsp3) is 0.855. The monoisotopic (exact) mass is 955 g/mol. The average Bonchev–Trinajstić information content (AvgIpc) is 3.34. The zero-order chi connectivity index (χ0) is 49.3. The molecule has 68 heavy (non-hydrogen) atoms. The van der Waals surface area contributed by atoms with Crippen molar-refractivity contribution in [2.75, 3.05) is 13.2 Å². The van der Waals surface area contributed by atoms with Gasteiger partial charge in [-0.3, -0.25) is 14.4 Å². The lowest BCUT2D eigenvalue weighted by Crippen LogP contribution is -2.30. The van der Waals surface area contributed by atoms with Gasteiger partial charge >= 0.3 is 17.9 Å². The summed E-state index contributed by atoms with van der Waals surface area (Å²) in [6.07, 6.45) is 69.3. The van der Waals surface area contributed by atoms with E-state index in [1.807, 2.05) is 0 Å². The van der Waals surface area contributed by atoms with E-state index < -0.39 is 6.10 Å². The number of esters is 3. The highest BCUT2D eigenvalue weighted by atomic mass is 16.6. The van der Waals surface area contributed by atoms with E-state index >= 15 is 0 Å². The predicted octanol–water partition coefficient (Wildman–Crippen LogP) is 20.0. The predicted molar refractivity (Wildman–Crippen MR) is 293 cm³/mol. The van der Waals surface area contributed by atoms with Gasteiger partial charge in [-0.1, -0.05) is 288 Å². The molecule has 0 bridgehead atoms. The van der Waals surface area contributed by atoms with Crippen molar-refractivity contribution < 1.29 is 28.6 Å². The molecule has 0 aromatic carbocycles. The lowest BCUT2D eigenvalue weighted by atomic mass is 10.0. The zero-order valence-corrected chi connectivity index (χ0v) is 45.6. The summed E-state index contributed by atoms with van der Waals surface area (Å²) in [4.78, 5) is 37.8. The minimum atomic E-state index is -0.781. The van der Waals surface area contributed by atoms with Crippen LogP contribution in [0.2, 0.25) is 0 Å². The summed E-state index contributed by atoms with van der Waals surface area (Å²) < 4.78 is 16.7. The maximum absolute atomic E-state index is 12.7. The molecule has 0 aliphatic heterocycles. The van der Waals surface area contributed by atoms with Gasteiger partial charge in [0, 0.05) is 19.3 Å². The van der Waals surface area contributed by atoms with Gasteiger partial charge in [-0.15, -0.1) is 0 Å². The number of rotatable bonds is 55. The Kier molecular flexibility index (Phi) is 55.2. The van der Waals surface area contributed by atoms with Crippen molar-refractivity contribution >= 4 is 17.9 Å². The Hall–Kier alpha value is -2.37. The molecule has 398 valence electrons. The van der Waals surface area contributed by atoms with Crippen LogP contribution in [-0.4, -0.2) is 37.2 Å². The Bertz CT molecular complexity index is 1140. The maximum Gasteiger partial charge on any atom is 0.306 e. The van der Waals surface area contributed by atoms with Gasteiger partial charge in [0.05, 0.1) is 0 Å². The van der Waals surface area contributed by atoms with Gasteiger partial charge in [0.15, 0.2) is 6.10 Å². The summed E-state index contributed by atoms with van der Waals surface area (Å²) in [5.41, 5.74) is 0. The van der Waals surface area contributed by atoms with Crippen LogP contribution in [0.15, 0.2) is 36.5 Å². The summed E-state index contributed by atoms with van der Waals surface area (Å²) in [7, 11) is 0. The van der Waals surface area contributed by atoms with Gasteiger partial charge in [-0.2, -0.15) is 0 Å². The molecule has 0 aromatic heterocycles. The van der Waals surface area contributed by atoms with Crippen molar-refractivity contribution in [2.24, 2.45) is 0 Å². The Balaban J connectivity index is 3.92. The first-order chi connectivity index (χ1) is 33.5. The second-order valence-electron chi connectivity index (χ2n) is 20.2. The fourth-order valence-electron chi connectivity index (χ4n) is 8.93. The topological polar surface area (TPSA) is 78.9 Å². The van der Waals surface area contributed by atoms with Crippen LogP contribution >= 0.6 is 0 Å². The molecule has 0 radical (unpaired) electrons. The van der Waals surface area contributed by atoms with Crippen LogP contribution < -0.4 is 0 Å². The van der Waals surface area contributed by atoms with Crippen molar-refractivity contribution in [1.29, 1.82) is 0 Å². The standard InChI is InChI=1S/C62H114O6/c1-4-7-10-13-16-18-20-22-23-24-25-26-27-28-29-30-31-32-33-34-35-36-37-38-39-41-42-44-46-49-52-55-61(64)67-58-59(57-66-60(63)54-51-48-15-12-9-6-3)68-62(65)56-53-50-47-45-43-40-21-19-17-14-11-8-5-2/h8,11,17,19,40,43,59H,4-7,9-10,12-16,18,20-39,41-42,44-58H2,1-3H3/b11-8-,19-17-,43-40-. The summed E-state index contributed by atoms with van der Waals surface area (Å²) in [6, 6.07) is 0. The van der Waals surface area contributed by atoms with E-state index in [0.29, 0.717) is 19.3 Å². The van der Waals surface area contributed by atoms with Crippen LogP contribution in [0.4, 0.5) is 0 Å². The summed E-state index contributed by atoms with van der Waals surface area (Å²) >= 11 is 0. The molecule has 0 saturated carbocycles. The molecule has 1 unspecified atom stereocenters. The Morgan fingerprint density at radius 1 is 0.309 bits per heavy atom.